The summed E-state index contributed by atoms with van der Waals surface area (Å²) in [6.45, 7) is 2.15. The van der Waals surface area contributed by atoms with E-state index in [1.165, 1.54) is 6.20 Å². The van der Waals surface area contributed by atoms with E-state index in [4.69, 9.17) is 15.2 Å². The van der Waals surface area contributed by atoms with Crippen molar-refractivity contribution in [1.82, 2.24) is 15.0 Å². The van der Waals surface area contributed by atoms with E-state index in [0.717, 1.165) is 31.4 Å². The molecule has 0 saturated carbocycles. The van der Waals surface area contributed by atoms with Crippen molar-refractivity contribution in [3.05, 3.63) is 48.5 Å². The summed E-state index contributed by atoms with van der Waals surface area (Å²) in [5.41, 5.74) is 7.51. The maximum Gasteiger partial charge on any atom is 0.276 e. The van der Waals surface area contributed by atoms with Gasteiger partial charge in [-0.25, -0.2) is 15.0 Å². The van der Waals surface area contributed by atoms with E-state index in [2.05, 4.69) is 20.3 Å². The molecule has 1 aliphatic rings. The zero-order valence-electron chi connectivity index (χ0n) is 15.3. The molecular weight excluding hydrogens is 358 g/mol. The molecule has 0 aliphatic carbocycles. The highest BCUT2D eigenvalue weighted by molar-refractivity contribution is 6.06. The lowest BCUT2D eigenvalue weighted by atomic mass is 10.0. The highest BCUT2D eigenvalue weighted by atomic mass is 16.5. The predicted molar refractivity (Wildman–Crippen MR) is 105 cm³/mol. The molecule has 144 valence electrons. The van der Waals surface area contributed by atoms with Crippen molar-refractivity contribution in [3.8, 4) is 5.88 Å². The number of fused-ring (bicyclic) bond motifs is 1. The van der Waals surface area contributed by atoms with Gasteiger partial charge in [0.25, 0.3) is 5.91 Å². The number of anilines is 2. The monoisotopic (exact) mass is 379 g/mol. The van der Waals surface area contributed by atoms with Crippen LogP contribution in [0.5, 0.6) is 5.88 Å². The van der Waals surface area contributed by atoms with Gasteiger partial charge in [-0.3, -0.25) is 4.79 Å². The quantitative estimate of drug-likeness (QED) is 0.701. The van der Waals surface area contributed by atoms with Gasteiger partial charge >= 0.3 is 0 Å². The van der Waals surface area contributed by atoms with Crippen LogP contribution in [0.15, 0.2) is 42.9 Å². The highest BCUT2D eigenvalue weighted by Crippen LogP contribution is 2.25. The van der Waals surface area contributed by atoms with Gasteiger partial charge in [-0.05, 0) is 43.0 Å². The van der Waals surface area contributed by atoms with Gasteiger partial charge in [-0.2, -0.15) is 0 Å². The molecule has 0 bridgehead atoms. The number of nitrogens with one attached hydrogen (secondary N) is 1. The summed E-state index contributed by atoms with van der Waals surface area (Å²) >= 11 is 0. The molecule has 3 N–H and O–H groups in total. The average molecular weight is 379 g/mol. The Morgan fingerprint density at radius 1 is 1.21 bits per heavy atom. The molecular formula is C20H21N5O3. The topological polar surface area (TPSA) is 112 Å². The van der Waals surface area contributed by atoms with Crippen LogP contribution in [0.3, 0.4) is 0 Å². The first kappa shape index (κ1) is 18.1. The van der Waals surface area contributed by atoms with Crippen LogP contribution >= 0.6 is 0 Å². The standard InChI is InChI=1S/C20H21N5O3/c21-16-2-1-6-22-18(16)19(26)25-15-10-14-3-7-23-20(17(14)24-11-15)28-12-13-4-8-27-9-5-13/h1-3,6-7,10-11,13H,4-5,8-9,12,21H2,(H,25,26). The SMILES string of the molecule is Nc1cccnc1C(=O)Nc1cnc2c(OCC3CCOCC3)nccc2c1. The Labute approximate surface area is 162 Å². The number of ether oxygens (including phenoxy) is 2. The summed E-state index contributed by atoms with van der Waals surface area (Å²) in [4.78, 5) is 25.2. The Morgan fingerprint density at radius 2 is 2.07 bits per heavy atom. The minimum absolute atomic E-state index is 0.179. The van der Waals surface area contributed by atoms with Gasteiger partial charge in [0.1, 0.15) is 5.52 Å². The number of hydrogen-bond acceptors (Lipinski definition) is 7. The molecule has 1 fully saturated rings. The molecule has 0 aromatic carbocycles. The van der Waals surface area contributed by atoms with Gasteiger partial charge in [-0.1, -0.05) is 0 Å². The number of hydrogen-bond donors (Lipinski definition) is 2. The zero-order valence-corrected chi connectivity index (χ0v) is 15.3. The molecule has 1 amide bonds. The second-order valence-corrected chi connectivity index (χ2v) is 6.67. The van der Waals surface area contributed by atoms with E-state index in [-0.39, 0.29) is 11.6 Å². The van der Waals surface area contributed by atoms with Crippen molar-refractivity contribution in [2.24, 2.45) is 5.92 Å². The van der Waals surface area contributed by atoms with Gasteiger partial charge < -0.3 is 20.5 Å². The van der Waals surface area contributed by atoms with Gasteiger partial charge in [0.15, 0.2) is 5.69 Å². The summed E-state index contributed by atoms with van der Waals surface area (Å²) in [5.74, 6) is 0.577. The second-order valence-electron chi connectivity index (χ2n) is 6.67. The van der Waals surface area contributed by atoms with Crippen LogP contribution in [-0.2, 0) is 4.74 Å². The molecule has 8 heteroatoms. The number of amides is 1. The fraction of sp³-hybridized carbons (Fsp3) is 0.300. The number of carbonyl (C=O) groups excluding carboxylic acids is 1. The summed E-state index contributed by atoms with van der Waals surface area (Å²) in [5, 5.41) is 3.60. The first-order chi connectivity index (χ1) is 13.7. The number of pyridine rings is 3. The Hall–Kier alpha value is -3.26. The van der Waals surface area contributed by atoms with Crippen LogP contribution in [0, 0.1) is 5.92 Å². The zero-order chi connectivity index (χ0) is 19.3. The molecule has 1 saturated heterocycles. The Balaban J connectivity index is 1.50. The number of aromatic nitrogens is 3. The third-order valence-electron chi connectivity index (χ3n) is 4.67. The smallest absolute Gasteiger partial charge is 0.276 e. The van der Waals surface area contributed by atoms with Crippen LogP contribution in [0.25, 0.3) is 10.9 Å². The van der Waals surface area contributed by atoms with E-state index < -0.39 is 0 Å². The first-order valence-corrected chi connectivity index (χ1v) is 9.18. The second kappa shape index (κ2) is 8.18. The predicted octanol–water partition coefficient (Wildman–Crippen LogP) is 2.66. The van der Waals surface area contributed by atoms with Gasteiger partial charge in [0.2, 0.25) is 5.88 Å². The Bertz CT molecular complexity index is 988. The molecule has 4 heterocycles. The molecule has 8 nitrogen and oxygen atoms in total. The van der Waals surface area contributed by atoms with E-state index in [0.29, 0.717) is 35.3 Å². The average Bonchev–Trinajstić information content (AvgIpc) is 2.73. The van der Waals surface area contributed by atoms with Crippen molar-refractivity contribution < 1.29 is 14.3 Å². The number of rotatable bonds is 5. The van der Waals surface area contributed by atoms with Crippen molar-refractivity contribution >= 4 is 28.2 Å². The van der Waals surface area contributed by atoms with E-state index >= 15 is 0 Å². The molecule has 0 spiro atoms. The Kier molecular flexibility index (Phi) is 5.29. The normalized spacial score (nSPS) is 14.7. The number of nitrogens with two attached hydrogens (primary N) is 1. The van der Waals surface area contributed by atoms with Crippen LogP contribution in [0.1, 0.15) is 23.3 Å². The van der Waals surface area contributed by atoms with Crippen LogP contribution in [-0.4, -0.2) is 40.7 Å². The maximum absolute atomic E-state index is 12.4. The van der Waals surface area contributed by atoms with E-state index in [9.17, 15) is 4.79 Å². The van der Waals surface area contributed by atoms with Crippen LogP contribution in [0.4, 0.5) is 11.4 Å². The fourth-order valence-corrected chi connectivity index (χ4v) is 3.12. The van der Waals surface area contributed by atoms with Crippen LogP contribution in [0.2, 0.25) is 0 Å². The largest absolute Gasteiger partial charge is 0.476 e. The van der Waals surface area contributed by atoms with Crippen LogP contribution < -0.4 is 15.8 Å². The lowest BCUT2D eigenvalue weighted by molar-refractivity contribution is 0.0493. The van der Waals surface area contributed by atoms with Crippen molar-refractivity contribution in [1.29, 1.82) is 0 Å². The first-order valence-electron chi connectivity index (χ1n) is 9.18. The molecule has 0 unspecified atom stereocenters. The van der Waals surface area contributed by atoms with Gasteiger partial charge in [-0.15, -0.1) is 0 Å². The number of carbonyl (C=O) groups is 1. The van der Waals surface area contributed by atoms with Crippen molar-refractivity contribution in [2.75, 3.05) is 30.9 Å². The molecule has 0 atom stereocenters. The third kappa shape index (κ3) is 4.01. The summed E-state index contributed by atoms with van der Waals surface area (Å²) in [6.07, 6.45) is 6.75. The lowest BCUT2D eigenvalue weighted by Gasteiger charge is -2.21. The number of nitrogens with zero attached hydrogens (tertiary/aromatic N) is 3. The molecule has 3 aromatic heterocycles. The Morgan fingerprint density at radius 3 is 2.89 bits per heavy atom. The third-order valence-corrected chi connectivity index (χ3v) is 4.67. The van der Waals surface area contributed by atoms with E-state index in [1.807, 2.05) is 12.1 Å². The van der Waals surface area contributed by atoms with E-state index in [1.54, 1.807) is 24.5 Å². The van der Waals surface area contributed by atoms with Gasteiger partial charge in [0.05, 0.1) is 24.2 Å². The summed E-state index contributed by atoms with van der Waals surface area (Å²) < 4.78 is 11.3. The fourth-order valence-electron chi connectivity index (χ4n) is 3.12. The molecule has 1 aliphatic heterocycles. The van der Waals surface area contributed by atoms with Crippen molar-refractivity contribution in [3.63, 3.8) is 0 Å². The maximum atomic E-state index is 12.4. The number of nitrogen functional groups attached to an aromatic ring is 1. The molecule has 0 radical (unpaired) electrons. The highest BCUT2D eigenvalue weighted by Gasteiger charge is 2.16. The minimum atomic E-state index is -0.385. The minimum Gasteiger partial charge on any atom is -0.476 e. The van der Waals surface area contributed by atoms with Crippen molar-refractivity contribution in [2.45, 2.75) is 12.8 Å². The lowest BCUT2D eigenvalue weighted by Crippen LogP contribution is -2.21. The van der Waals surface area contributed by atoms with Gasteiger partial charge in [0, 0.05) is 31.0 Å². The molecule has 4 rings (SSSR count). The summed E-state index contributed by atoms with van der Waals surface area (Å²) in [6, 6.07) is 6.96. The summed E-state index contributed by atoms with van der Waals surface area (Å²) in [7, 11) is 0. The molecule has 28 heavy (non-hydrogen) atoms. The molecule has 3 aromatic rings.